The zero-order chi connectivity index (χ0) is 30.7. The molecule has 8 nitrogen and oxygen atoms in total. The smallest absolute Gasteiger partial charge is 0.445 e. The second-order valence-electron chi connectivity index (χ2n) is 12.3. The Morgan fingerprint density at radius 3 is 2.47 bits per heavy atom. The summed E-state index contributed by atoms with van der Waals surface area (Å²) in [6.45, 7) is 13.2. The van der Waals surface area contributed by atoms with Gasteiger partial charge in [-0.2, -0.15) is 31.7 Å². The van der Waals surface area contributed by atoms with E-state index >= 15 is 0 Å². The molecule has 2 aromatic carbocycles. The summed E-state index contributed by atoms with van der Waals surface area (Å²) in [5.41, 5.74) is 1.92. The predicted molar refractivity (Wildman–Crippen MR) is 165 cm³/mol. The summed E-state index contributed by atoms with van der Waals surface area (Å²) in [6.07, 6.45) is -4.29. The third-order valence-corrected chi connectivity index (χ3v) is 12.6. The monoisotopic (exact) mass is 638 g/mol. The largest absolute Gasteiger partial charge is 0.471 e. The fraction of sp³-hybridized carbons (Fsp3) is 0.500. The first-order valence-electron chi connectivity index (χ1n) is 14.0. The van der Waals surface area contributed by atoms with Crippen LogP contribution in [0.4, 0.5) is 18.0 Å². The van der Waals surface area contributed by atoms with Crippen LogP contribution >= 0.6 is 13.5 Å². The maximum absolute atomic E-state index is 13.2. The average molecular weight is 639 g/mol. The van der Waals surface area contributed by atoms with Gasteiger partial charge in [0.1, 0.15) is 6.61 Å². The number of amides is 1. The maximum atomic E-state index is 13.2. The number of benzene rings is 2. The summed E-state index contributed by atoms with van der Waals surface area (Å²) >= 11 is 0. The number of hydrogen-bond donors (Lipinski definition) is 0. The highest BCUT2D eigenvalue weighted by atomic mass is 32.1. The molecule has 0 aliphatic carbocycles. The molecule has 2 atom stereocenters. The van der Waals surface area contributed by atoms with Crippen molar-refractivity contribution in [2.24, 2.45) is 0 Å². The number of nitrogens with zero attached hydrogens (tertiary/aromatic N) is 4. The van der Waals surface area contributed by atoms with Crippen LogP contribution in [0.3, 0.4) is 0 Å². The predicted octanol–water partition coefficient (Wildman–Crippen LogP) is 7.27. The van der Waals surface area contributed by atoms with E-state index in [1.54, 1.807) is 25.2 Å². The zero-order valence-corrected chi connectivity index (χ0v) is 27.4. The highest BCUT2D eigenvalue weighted by Crippen LogP contribution is 2.38. The van der Waals surface area contributed by atoms with Gasteiger partial charge in [0.25, 0.3) is 0 Å². The van der Waals surface area contributed by atoms with Crippen LogP contribution in [0.15, 0.2) is 59.1 Å². The second-order valence-corrected chi connectivity index (χ2v) is 17.0. The molecule has 0 unspecified atom stereocenters. The second kappa shape index (κ2) is 13.8. The molecule has 1 aliphatic rings. The number of likely N-dealkylation sites (N-methyl/N-ethyl adjacent to an activating group) is 1. The summed E-state index contributed by atoms with van der Waals surface area (Å²) in [5, 5.41) is 3.62. The Labute approximate surface area is 259 Å². The van der Waals surface area contributed by atoms with Gasteiger partial charge in [0.2, 0.25) is 5.82 Å². The van der Waals surface area contributed by atoms with Gasteiger partial charge in [0, 0.05) is 32.2 Å². The van der Waals surface area contributed by atoms with E-state index < -0.39 is 32.5 Å². The van der Waals surface area contributed by atoms with Crippen LogP contribution in [0.2, 0.25) is 18.1 Å². The van der Waals surface area contributed by atoms with Crippen LogP contribution in [-0.2, 0) is 21.9 Å². The first-order valence-corrected chi connectivity index (χ1v) is 16.9. The number of aromatic nitrogens is 2. The van der Waals surface area contributed by atoms with Crippen LogP contribution in [0.25, 0.3) is 11.4 Å². The lowest BCUT2D eigenvalue weighted by Crippen LogP contribution is -2.45. The van der Waals surface area contributed by atoms with Crippen molar-refractivity contribution in [2.75, 3.05) is 26.7 Å². The van der Waals surface area contributed by atoms with Crippen LogP contribution in [0, 0.1) is 0 Å². The molecular formula is C30H41F3N4O4SSi. The number of rotatable bonds is 9. The SMILES string of the molecule is CN(C(=O)OCc1ccccc1)[C@H](CN1CC[C@H](O[Si](C)(C)C(C)(C)C)C1)c1cccc(-c2noc(C(F)(F)F)n2)c1.S. The van der Waals surface area contributed by atoms with Crippen molar-refractivity contribution in [1.82, 2.24) is 19.9 Å². The summed E-state index contributed by atoms with van der Waals surface area (Å²) in [4.78, 5) is 20.6. The minimum absolute atomic E-state index is 0. The Balaban J connectivity index is 0.00000506. The van der Waals surface area contributed by atoms with E-state index in [0.717, 1.165) is 25.1 Å². The number of ether oxygens (including phenoxy) is 1. The standard InChI is InChI=1S/C30H39F3N4O4Si.H2S/c1-29(2,3)42(5,6)41-24-15-16-37(18-24)19-25(36(4)28(38)39-20-21-11-8-7-9-12-21)22-13-10-14-23(17-22)26-34-27(40-35-26)30(31,32)33;/h7-14,17,24-25H,15-16,18-20H2,1-6H3;1H2/t24-,25+;/m0./s1. The zero-order valence-electron chi connectivity index (χ0n) is 25.4. The van der Waals surface area contributed by atoms with E-state index in [-0.39, 0.29) is 37.1 Å². The van der Waals surface area contributed by atoms with E-state index in [1.165, 1.54) is 4.90 Å². The number of halogens is 3. The third-order valence-electron chi connectivity index (χ3n) is 8.09. The third kappa shape index (κ3) is 8.84. The Morgan fingerprint density at radius 1 is 1.14 bits per heavy atom. The molecule has 1 aliphatic heterocycles. The number of carbonyl (C=O) groups excluding carboxylic acids is 1. The van der Waals surface area contributed by atoms with E-state index in [1.807, 2.05) is 36.4 Å². The van der Waals surface area contributed by atoms with Crippen LogP contribution < -0.4 is 0 Å². The molecule has 0 radical (unpaired) electrons. The first-order chi connectivity index (χ1) is 19.6. The van der Waals surface area contributed by atoms with Gasteiger partial charge >= 0.3 is 18.2 Å². The van der Waals surface area contributed by atoms with E-state index in [4.69, 9.17) is 9.16 Å². The van der Waals surface area contributed by atoms with Crippen molar-refractivity contribution in [1.29, 1.82) is 0 Å². The molecule has 43 heavy (non-hydrogen) atoms. The molecule has 0 bridgehead atoms. The summed E-state index contributed by atoms with van der Waals surface area (Å²) in [7, 11) is -0.289. The number of carbonyl (C=O) groups is 1. The van der Waals surface area contributed by atoms with Gasteiger partial charge < -0.3 is 18.6 Å². The first kappa shape index (κ1) is 34.6. The fourth-order valence-corrected chi connectivity index (χ4v) is 6.02. The molecular weight excluding hydrogens is 598 g/mol. The van der Waals surface area contributed by atoms with Crippen molar-refractivity contribution in [3.63, 3.8) is 0 Å². The van der Waals surface area contributed by atoms with Gasteiger partial charge in [-0.05, 0) is 41.7 Å². The van der Waals surface area contributed by atoms with Crippen molar-refractivity contribution < 1.29 is 31.7 Å². The molecule has 0 spiro atoms. The molecule has 1 amide bonds. The average Bonchev–Trinajstić information content (AvgIpc) is 3.60. The van der Waals surface area contributed by atoms with Crippen molar-refractivity contribution in [3.05, 3.63) is 71.6 Å². The molecule has 3 aromatic rings. The van der Waals surface area contributed by atoms with Crippen molar-refractivity contribution in [2.45, 2.75) is 70.3 Å². The Bertz CT molecular complexity index is 1350. The minimum Gasteiger partial charge on any atom is -0.445 e. The summed E-state index contributed by atoms with van der Waals surface area (Å²) in [6, 6.07) is 15.8. The van der Waals surface area contributed by atoms with E-state index in [9.17, 15) is 18.0 Å². The van der Waals surface area contributed by atoms with Crippen LogP contribution in [0.1, 0.15) is 50.3 Å². The summed E-state index contributed by atoms with van der Waals surface area (Å²) in [5.74, 6) is -1.59. The molecule has 0 saturated carbocycles. The number of hydrogen-bond acceptors (Lipinski definition) is 7. The van der Waals surface area contributed by atoms with E-state index in [2.05, 4.69) is 53.4 Å². The van der Waals surface area contributed by atoms with Gasteiger partial charge in [0.15, 0.2) is 8.32 Å². The van der Waals surface area contributed by atoms with Crippen molar-refractivity contribution in [3.8, 4) is 11.4 Å². The lowest BCUT2D eigenvalue weighted by Gasteiger charge is -2.38. The van der Waals surface area contributed by atoms with Gasteiger partial charge in [-0.3, -0.25) is 4.90 Å². The molecule has 1 aromatic heterocycles. The molecule has 1 saturated heterocycles. The normalized spacial score (nSPS) is 16.9. The van der Waals surface area contributed by atoms with Gasteiger partial charge in [-0.1, -0.05) is 74.5 Å². The van der Waals surface area contributed by atoms with E-state index in [0.29, 0.717) is 17.7 Å². The fourth-order valence-electron chi connectivity index (χ4n) is 4.64. The minimum atomic E-state index is -4.74. The molecule has 13 heteroatoms. The topological polar surface area (TPSA) is 80.9 Å². The highest BCUT2D eigenvalue weighted by molar-refractivity contribution is 7.59. The molecule has 0 N–H and O–H groups in total. The maximum Gasteiger partial charge on any atom is 0.471 e. The Kier molecular flexibility index (Phi) is 11.1. The summed E-state index contributed by atoms with van der Waals surface area (Å²) < 4.78 is 55.9. The molecule has 2 heterocycles. The van der Waals surface area contributed by atoms with Crippen LogP contribution in [-0.4, -0.2) is 67.1 Å². The lowest BCUT2D eigenvalue weighted by molar-refractivity contribution is -0.159. The van der Waals surface area contributed by atoms with Gasteiger partial charge in [0.05, 0.1) is 12.1 Å². The highest BCUT2D eigenvalue weighted by Gasteiger charge is 2.41. The van der Waals surface area contributed by atoms with Crippen molar-refractivity contribution >= 4 is 27.9 Å². The molecule has 1 fully saturated rings. The lowest BCUT2D eigenvalue weighted by atomic mass is 10.0. The van der Waals surface area contributed by atoms with Gasteiger partial charge in [-0.15, -0.1) is 0 Å². The quantitative estimate of drug-likeness (QED) is 0.228. The molecule has 236 valence electrons. The van der Waals surface area contributed by atoms with Gasteiger partial charge in [-0.25, -0.2) is 4.79 Å². The molecule has 4 rings (SSSR count). The number of likely N-dealkylation sites (tertiary alicyclic amines) is 1. The number of alkyl halides is 3. The van der Waals surface area contributed by atoms with Crippen LogP contribution in [0.5, 0.6) is 0 Å². The Hall–Kier alpha value is -2.87. The Morgan fingerprint density at radius 2 is 1.84 bits per heavy atom.